The molecule has 0 aromatic heterocycles. The molecule has 1 aliphatic rings. The lowest BCUT2D eigenvalue weighted by Gasteiger charge is -2.26. The molecular formula is C21H24BrN3O4. The van der Waals surface area contributed by atoms with Crippen LogP contribution in [0.1, 0.15) is 22.8 Å². The molecule has 1 aliphatic heterocycles. The molecule has 1 heterocycles. The van der Waals surface area contributed by atoms with Crippen molar-refractivity contribution in [3.8, 4) is 5.75 Å². The summed E-state index contributed by atoms with van der Waals surface area (Å²) in [6.45, 7) is 5.59. The van der Waals surface area contributed by atoms with Crippen molar-refractivity contribution in [2.45, 2.75) is 19.6 Å². The number of amides is 2. The minimum absolute atomic E-state index is 0.378. The van der Waals surface area contributed by atoms with Crippen molar-refractivity contribution in [1.29, 1.82) is 0 Å². The summed E-state index contributed by atoms with van der Waals surface area (Å²) in [5, 5.41) is 0. The first-order chi connectivity index (χ1) is 14.0. The number of hydrazine groups is 1. The van der Waals surface area contributed by atoms with Crippen molar-refractivity contribution in [1.82, 2.24) is 15.8 Å². The van der Waals surface area contributed by atoms with Gasteiger partial charge in [0.25, 0.3) is 11.8 Å². The normalized spacial score (nSPS) is 15.4. The van der Waals surface area contributed by atoms with Crippen LogP contribution in [0.3, 0.4) is 0 Å². The third kappa shape index (κ3) is 6.56. The molecule has 0 saturated carbocycles. The van der Waals surface area contributed by atoms with Gasteiger partial charge in [-0.05, 0) is 42.8 Å². The number of ether oxygens (including phenoxy) is 2. The van der Waals surface area contributed by atoms with Gasteiger partial charge >= 0.3 is 0 Å². The Bertz CT molecular complexity index is 855. The van der Waals surface area contributed by atoms with Crippen LogP contribution in [0.5, 0.6) is 5.75 Å². The average molecular weight is 462 g/mol. The average Bonchev–Trinajstić information content (AvgIpc) is 2.72. The van der Waals surface area contributed by atoms with Gasteiger partial charge < -0.3 is 9.47 Å². The maximum absolute atomic E-state index is 12.4. The monoisotopic (exact) mass is 461 g/mol. The maximum Gasteiger partial charge on any atom is 0.279 e. The lowest BCUT2D eigenvalue weighted by atomic mass is 10.1. The van der Waals surface area contributed by atoms with Crippen LogP contribution in [0.25, 0.3) is 0 Å². The largest absolute Gasteiger partial charge is 0.481 e. The summed E-state index contributed by atoms with van der Waals surface area (Å²) < 4.78 is 11.8. The van der Waals surface area contributed by atoms with Crippen molar-refractivity contribution < 1.29 is 19.1 Å². The summed E-state index contributed by atoms with van der Waals surface area (Å²) in [4.78, 5) is 26.9. The first-order valence-electron chi connectivity index (χ1n) is 9.43. The van der Waals surface area contributed by atoms with Crippen LogP contribution in [0.4, 0.5) is 0 Å². The first kappa shape index (κ1) is 21.3. The minimum Gasteiger partial charge on any atom is -0.481 e. The fraction of sp³-hybridized carbons (Fsp3) is 0.333. The number of nitrogens with zero attached hydrogens (tertiary/aromatic N) is 1. The summed E-state index contributed by atoms with van der Waals surface area (Å²) in [5.41, 5.74) is 6.38. The SMILES string of the molecule is CC(Oc1cccc(Br)c1)C(=O)NNC(=O)c1cccc(CN2CCOCC2)c1. The van der Waals surface area contributed by atoms with Crippen LogP contribution in [0.2, 0.25) is 0 Å². The van der Waals surface area contributed by atoms with E-state index in [1.54, 1.807) is 25.1 Å². The molecular weight excluding hydrogens is 438 g/mol. The summed E-state index contributed by atoms with van der Waals surface area (Å²) in [6, 6.07) is 14.6. The van der Waals surface area contributed by atoms with Crippen LogP contribution in [-0.4, -0.2) is 49.1 Å². The molecule has 2 aromatic rings. The Kier molecular flexibility index (Phi) is 7.62. The molecule has 29 heavy (non-hydrogen) atoms. The van der Waals surface area contributed by atoms with E-state index in [0.29, 0.717) is 11.3 Å². The van der Waals surface area contributed by atoms with E-state index in [4.69, 9.17) is 9.47 Å². The predicted molar refractivity (Wildman–Crippen MR) is 112 cm³/mol. The highest BCUT2D eigenvalue weighted by Crippen LogP contribution is 2.18. The number of benzene rings is 2. The second-order valence-electron chi connectivity index (χ2n) is 6.75. The summed E-state index contributed by atoms with van der Waals surface area (Å²) in [5.74, 6) is -0.260. The molecule has 1 unspecified atom stereocenters. The van der Waals surface area contributed by atoms with Crippen LogP contribution >= 0.6 is 15.9 Å². The Balaban J connectivity index is 1.50. The minimum atomic E-state index is -0.766. The molecule has 0 aliphatic carbocycles. The Labute approximate surface area is 178 Å². The van der Waals surface area contributed by atoms with Gasteiger partial charge in [-0.2, -0.15) is 0 Å². The number of hydrogen-bond donors (Lipinski definition) is 2. The molecule has 0 bridgehead atoms. The van der Waals surface area contributed by atoms with E-state index in [2.05, 4.69) is 31.7 Å². The molecule has 8 heteroatoms. The number of halogens is 1. The van der Waals surface area contributed by atoms with Gasteiger partial charge in [0.2, 0.25) is 0 Å². The van der Waals surface area contributed by atoms with E-state index in [1.807, 2.05) is 30.3 Å². The number of rotatable bonds is 6. The zero-order valence-corrected chi connectivity index (χ0v) is 17.8. The number of carbonyl (C=O) groups is 2. The van der Waals surface area contributed by atoms with Crippen LogP contribution in [0, 0.1) is 0 Å². The van der Waals surface area contributed by atoms with E-state index < -0.39 is 12.0 Å². The quantitative estimate of drug-likeness (QED) is 0.646. The van der Waals surface area contributed by atoms with Crippen molar-refractivity contribution in [2.24, 2.45) is 0 Å². The van der Waals surface area contributed by atoms with Crippen molar-refractivity contribution in [2.75, 3.05) is 26.3 Å². The number of nitrogens with one attached hydrogen (secondary N) is 2. The predicted octanol–water partition coefficient (Wildman–Crippen LogP) is 2.51. The van der Waals surface area contributed by atoms with E-state index >= 15 is 0 Å². The van der Waals surface area contributed by atoms with E-state index in [9.17, 15) is 9.59 Å². The maximum atomic E-state index is 12.4. The van der Waals surface area contributed by atoms with Gasteiger partial charge in [0.1, 0.15) is 5.75 Å². The second-order valence-corrected chi connectivity index (χ2v) is 7.67. The van der Waals surface area contributed by atoms with Crippen molar-refractivity contribution in [3.63, 3.8) is 0 Å². The summed E-state index contributed by atoms with van der Waals surface area (Å²) in [6.07, 6.45) is -0.766. The van der Waals surface area contributed by atoms with Gasteiger partial charge in [0.05, 0.1) is 13.2 Å². The molecule has 154 valence electrons. The Morgan fingerprint density at radius 1 is 1.14 bits per heavy atom. The van der Waals surface area contributed by atoms with Crippen molar-refractivity contribution in [3.05, 3.63) is 64.1 Å². The summed E-state index contributed by atoms with van der Waals surface area (Å²) in [7, 11) is 0. The lowest BCUT2D eigenvalue weighted by molar-refractivity contribution is -0.128. The molecule has 0 radical (unpaired) electrons. The lowest BCUT2D eigenvalue weighted by Crippen LogP contribution is -2.47. The van der Waals surface area contributed by atoms with E-state index in [1.165, 1.54) is 0 Å². The topological polar surface area (TPSA) is 79.9 Å². The van der Waals surface area contributed by atoms with E-state index in [0.717, 1.165) is 42.9 Å². The highest BCUT2D eigenvalue weighted by molar-refractivity contribution is 9.10. The zero-order chi connectivity index (χ0) is 20.6. The molecule has 0 spiro atoms. The molecule has 2 amide bonds. The molecule has 3 rings (SSSR count). The zero-order valence-electron chi connectivity index (χ0n) is 16.2. The standard InChI is InChI=1S/C21H24BrN3O4/c1-15(29-19-7-3-6-18(22)13-19)20(26)23-24-21(27)17-5-2-4-16(12-17)14-25-8-10-28-11-9-25/h2-7,12-13,15H,8-11,14H2,1H3,(H,23,26)(H,24,27). The Morgan fingerprint density at radius 3 is 2.66 bits per heavy atom. The number of hydrogen-bond acceptors (Lipinski definition) is 5. The fourth-order valence-electron chi connectivity index (χ4n) is 2.92. The highest BCUT2D eigenvalue weighted by atomic mass is 79.9. The molecule has 1 saturated heterocycles. The number of morpholine rings is 1. The molecule has 2 aromatic carbocycles. The Morgan fingerprint density at radius 2 is 1.90 bits per heavy atom. The third-order valence-corrected chi connectivity index (χ3v) is 4.97. The van der Waals surface area contributed by atoms with E-state index in [-0.39, 0.29) is 5.91 Å². The second kappa shape index (κ2) is 10.4. The number of carbonyl (C=O) groups excluding carboxylic acids is 2. The van der Waals surface area contributed by atoms with Crippen LogP contribution < -0.4 is 15.6 Å². The van der Waals surface area contributed by atoms with Gasteiger partial charge in [-0.25, -0.2) is 0 Å². The van der Waals surface area contributed by atoms with Gasteiger partial charge in [-0.15, -0.1) is 0 Å². The van der Waals surface area contributed by atoms with Crippen LogP contribution in [0.15, 0.2) is 53.0 Å². The fourth-order valence-corrected chi connectivity index (χ4v) is 3.30. The van der Waals surface area contributed by atoms with Gasteiger partial charge in [0.15, 0.2) is 6.10 Å². The van der Waals surface area contributed by atoms with Gasteiger partial charge in [-0.3, -0.25) is 25.3 Å². The summed E-state index contributed by atoms with van der Waals surface area (Å²) >= 11 is 3.36. The van der Waals surface area contributed by atoms with Crippen LogP contribution in [-0.2, 0) is 16.1 Å². The van der Waals surface area contributed by atoms with Gasteiger partial charge in [0, 0.05) is 29.7 Å². The Hall–Kier alpha value is -2.42. The molecule has 2 N–H and O–H groups in total. The third-order valence-electron chi connectivity index (χ3n) is 4.48. The highest BCUT2D eigenvalue weighted by Gasteiger charge is 2.17. The molecule has 7 nitrogen and oxygen atoms in total. The van der Waals surface area contributed by atoms with Crippen molar-refractivity contribution >= 4 is 27.7 Å². The smallest absolute Gasteiger partial charge is 0.279 e. The molecule has 1 atom stereocenters. The first-order valence-corrected chi connectivity index (χ1v) is 10.2. The van der Waals surface area contributed by atoms with Gasteiger partial charge in [-0.1, -0.05) is 34.1 Å². The molecule has 1 fully saturated rings.